The van der Waals surface area contributed by atoms with Crippen LogP contribution in [0.2, 0.25) is 0 Å². The molecule has 0 amide bonds. The Bertz CT molecular complexity index is 725. The van der Waals surface area contributed by atoms with Crippen molar-refractivity contribution in [1.29, 1.82) is 0 Å². The van der Waals surface area contributed by atoms with E-state index in [0.717, 1.165) is 44.9 Å². The maximum absolute atomic E-state index is 12.1. The van der Waals surface area contributed by atoms with Crippen LogP contribution in [-0.4, -0.2) is 30.4 Å². The Morgan fingerprint density at radius 2 is 1.82 bits per heavy atom. The molecule has 154 valence electrons. The van der Waals surface area contributed by atoms with Crippen molar-refractivity contribution < 1.29 is 23.9 Å². The topological polar surface area (TPSA) is 69.7 Å². The van der Waals surface area contributed by atoms with E-state index in [2.05, 4.69) is 6.92 Å². The van der Waals surface area contributed by atoms with Crippen LogP contribution >= 0.6 is 0 Å². The van der Waals surface area contributed by atoms with Crippen molar-refractivity contribution in [2.75, 3.05) is 6.61 Å². The van der Waals surface area contributed by atoms with Crippen LogP contribution in [0.25, 0.3) is 0 Å². The first-order valence-electron chi connectivity index (χ1n) is 10.8. The van der Waals surface area contributed by atoms with Crippen LogP contribution in [0.1, 0.15) is 72.1 Å². The van der Waals surface area contributed by atoms with E-state index in [1.165, 1.54) is 19.4 Å². The highest BCUT2D eigenvalue weighted by Gasteiger charge is 2.61. The van der Waals surface area contributed by atoms with Crippen molar-refractivity contribution in [2.24, 2.45) is 28.6 Å². The minimum absolute atomic E-state index is 0.0187. The van der Waals surface area contributed by atoms with Gasteiger partial charge in [-0.15, -0.1) is 0 Å². The zero-order valence-electron chi connectivity index (χ0n) is 17.3. The molecule has 3 saturated carbocycles. The lowest BCUT2D eigenvalue weighted by Crippen LogP contribution is -2.54. The molecule has 5 heteroatoms. The van der Waals surface area contributed by atoms with Crippen LogP contribution in [0, 0.1) is 28.6 Å². The molecule has 28 heavy (non-hydrogen) atoms. The summed E-state index contributed by atoms with van der Waals surface area (Å²) in [5.74, 6) is 1.30. The van der Waals surface area contributed by atoms with Crippen LogP contribution in [-0.2, 0) is 23.9 Å². The van der Waals surface area contributed by atoms with Gasteiger partial charge in [0, 0.05) is 31.1 Å². The van der Waals surface area contributed by atoms with Gasteiger partial charge >= 0.3 is 11.9 Å². The van der Waals surface area contributed by atoms with Gasteiger partial charge in [0.05, 0.1) is 0 Å². The Morgan fingerprint density at radius 1 is 1.04 bits per heavy atom. The Kier molecular flexibility index (Phi) is 4.91. The Balaban J connectivity index is 1.65. The fourth-order valence-corrected chi connectivity index (χ4v) is 7.21. The second-order valence-electron chi connectivity index (χ2n) is 9.71. The average Bonchev–Trinajstić information content (AvgIpc) is 2.96. The summed E-state index contributed by atoms with van der Waals surface area (Å²) in [4.78, 5) is 35.3. The van der Waals surface area contributed by atoms with Crippen molar-refractivity contribution in [3.63, 3.8) is 0 Å². The number of ether oxygens (including phenoxy) is 2. The van der Waals surface area contributed by atoms with Gasteiger partial charge in [-0.3, -0.25) is 14.4 Å². The molecule has 3 fully saturated rings. The number of esters is 2. The third-order valence-corrected chi connectivity index (χ3v) is 8.44. The summed E-state index contributed by atoms with van der Waals surface area (Å²) in [7, 11) is 0. The van der Waals surface area contributed by atoms with E-state index < -0.39 is 0 Å². The predicted octanol–water partition coefficient (Wildman–Crippen LogP) is 3.99. The van der Waals surface area contributed by atoms with E-state index in [-0.39, 0.29) is 34.7 Å². The van der Waals surface area contributed by atoms with Crippen molar-refractivity contribution in [1.82, 2.24) is 0 Å². The SMILES string of the molecule is CC(=O)OCC12CCC(=O)C=C1CCC1C2CCC2(C)C(OC(C)=O)CCC12. The summed E-state index contributed by atoms with van der Waals surface area (Å²) in [5, 5.41) is 0. The standard InChI is InChI=1S/C23H32O5/c1-14(24)27-13-23-11-8-17(26)12-16(23)4-5-18-19-6-7-21(28-15(2)25)22(19,3)10-9-20(18)23/h12,18-21H,4-11,13H2,1-3H3. The largest absolute Gasteiger partial charge is 0.465 e. The molecule has 0 aromatic heterocycles. The number of carbonyl (C=O) groups excluding carboxylic acids is 3. The Hall–Kier alpha value is -1.65. The molecule has 0 aliphatic heterocycles. The summed E-state index contributed by atoms with van der Waals surface area (Å²) in [6, 6.07) is 0. The van der Waals surface area contributed by atoms with E-state index in [4.69, 9.17) is 9.47 Å². The summed E-state index contributed by atoms with van der Waals surface area (Å²) in [6.07, 6.45) is 9.33. The number of rotatable bonds is 3. The number of ketones is 1. The molecule has 0 aromatic rings. The highest BCUT2D eigenvalue weighted by Crippen LogP contribution is 2.65. The van der Waals surface area contributed by atoms with E-state index >= 15 is 0 Å². The minimum atomic E-state index is -0.246. The molecule has 6 unspecified atom stereocenters. The first-order chi connectivity index (χ1) is 13.3. The third kappa shape index (κ3) is 3.02. The highest BCUT2D eigenvalue weighted by molar-refractivity contribution is 5.91. The molecule has 6 atom stereocenters. The smallest absolute Gasteiger partial charge is 0.302 e. The lowest BCUT2D eigenvalue weighted by Gasteiger charge is -2.58. The Labute approximate surface area is 167 Å². The maximum atomic E-state index is 12.1. The minimum Gasteiger partial charge on any atom is -0.465 e. The van der Waals surface area contributed by atoms with Gasteiger partial charge in [0.15, 0.2) is 5.78 Å². The van der Waals surface area contributed by atoms with Gasteiger partial charge in [0.2, 0.25) is 0 Å². The molecular weight excluding hydrogens is 356 g/mol. The number of hydrogen-bond acceptors (Lipinski definition) is 5. The van der Waals surface area contributed by atoms with Crippen LogP contribution in [0.15, 0.2) is 11.6 Å². The van der Waals surface area contributed by atoms with Gasteiger partial charge in [-0.1, -0.05) is 12.5 Å². The van der Waals surface area contributed by atoms with Crippen LogP contribution in [0.5, 0.6) is 0 Å². The normalized spacial score (nSPS) is 42.0. The number of carbonyl (C=O) groups is 3. The van der Waals surface area contributed by atoms with Crippen LogP contribution in [0.3, 0.4) is 0 Å². The first-order valence-corrected chi connectivity index (χ1v) is 10.8. The molecule has 0 saturated heterocycles. The summed E-state index contributed by atoms with van der Waals surface area (Å²) in [5.41, 5.74) is 1.08. The zero-order valence-corrected chi connectivity index (χ0v) is 17.3. The molecule has 4 aliphatic rings. The maximum Gasteiger partial charge on any atom is 0.302 e. The van der Waals surface area contributed by atoms with Crippen LogP contribution < -0.4 is 0 Å². The molecule has 0 aromatic carbocycles. The van der Waals surface area contributed by atoms with Gasteiger partial charge in [-0.2, -0.15) is 0 Å². The van der Waals surface area contributed by atoms with E-state index in [1.54, 1.807) is 0 Å². The van der Waals surface area contributed by atoms with Gasteiger partial charge < -0.3 is 9.47 Å². The van der Waals surface area contributed by atoms with Gasteiger partial charge in [-0.05, 0) is 68.8 Å². The monoisotopic (exact) mass is 388 g/mol. The lowest BCUT2D eigenvalue weighted by molar-refractivity contribution is -0.159. The zero-order chi connectivity index (χ0) is 20.1. The first kappa shape index (κ1) is 19.7. The lowest BCUT2D eigenvalue weighted by atomic mass is 9.47. The van der Waals surface area contributed by atoms with Crippen molar-refractivity contribution >= 4 is 17.7 Å². The molecule has 0 heterocycles. The third-order valence-electron chi connectivity index (χ3n) is 8.44. The van der Waals surface area contributed by atoms with Gasteiger partial charge in [0.1, 0.15) is 12.7 Å². The van der Waals surface area contributed by atoms with E-state index in [1.807, 2.05) is 6.08 Å². The van der Waals surface area contributed by atoms with Crippen LogP contribution in [0.4, 0.5) is 0 Å². The van der Waals surface area contributed by atoms with Crippen molar-refractivity contribution in [2.45, 2.75) is 78.2 Å². The summed E-state index contributed by atoms with van der Waals surface area (Å²) in [6.45, 7) is 5.68. The quantitative estimate of drug-likeness (QED) is 0.684. The van der Waals surface area contributed by atoms with Crippen molar-refractivity contribution in [3.8, 4) is 0 Å². The molecule has 4 rings (SSSR count). The fraction of sp³-hybridized carbons (Fsp3) is 0.783. The fourth-order valence-electron chi connectivity index (χ4n) is 7.21. The molecule has 0 spiro atoms. The van der Waals surface area contributed by atoms with E-state index in [0.29, 0.717) is 30.8 Å². The van der Waals surface area contributed by atoms with Gasteiger partial charge in [0.25, 0.3) is 0 Å². The highest BCUT2D eigenvalue weighted by atomic mass is 16.5. The van der Waals surface area contributed by atoms with Gasteiger partial charge in [-0.25, -0.2) is 0 Å². The molecule has 0 radical (unpaired) electrons. The number of hydrogen-bond donors (Lipinski definition) is 0. The molecule has 4 aliphatic carbocycles. The molecule has 0 bridgehead atoms. The molecule has 5 nitrogen and oxygen atoms in total. The Morgan fingerprint density at radius 3 is 2.54 bits per heavy atom. The summed E-state index contributed by atoms with van der Waals surface area (Å²) < 4.78 is 11.3. The predicted molar refractivity (Wildman–Crippen MR) is 103 cm³/mol. The summed E-state index contributed by atoms with van der Waals surface area (Å²) >= 11 is 0. The number of fused-ring (bicyclic) bond motifs is 5. The average molecular weight is 389 g/mol. The molecular formula is C23H32O5. The van der Waals surface area contributed by atoms with E-state index in [9.17, 15) is 14.4 Å². The van der Waals surface area contributed by atoms with Crippen molar-refractivity contribution in [3.05, 3.63) is 11.6 Å². The second-order valence-corrected chi connectivity index (χ2v) is 9.71. The second kappa shape index (κ2) is 7.00. The molecule has 0 N–H and O–H groups in total.